The van der Waals surface area contributed by atoms with Crippen molar-refractivity contribution >= 4 is 0 Å². The van der Waals surface area contributed by atoms with Gasteiger partial charge in [0.2, 0.25) is 0 Å². The van der Waals surface area contributed by atoms with Crippen LogP contribution in [0.1, 0.15) is 24.8 Å². The largest absolute Gasteiger partial charge is 0.314 e. The molecule has 1 aliphatic heterocycles. The molecule has 0 bridgehead atoms. The van der Waals surface area contributed by atoms with Crippen LogP contribution in [0.25, 0.3) is 0 Å². The van der Waals surface area contributed by atoms with Crippen LogP contribution in [0.15, 0.2) is 30.3 Å². The average molecular weight is 230 g/mol. The van der Waals surface area contributed by atoms with Crippen LogP contribution in [0.2, 0.25) is 0 Å². The first kappa shape index (κ1) is 11.2. The molecular weight excluding hydrogens is 208 g/mol. The van der Waals surface area contributed by atoms with Gasteiger partial charge in [0.05, 0.1) is 0 Å². The Kier molecular flexibility index (Phi) is 3.17. The van der Waals surface area contributed by atoms with Gasteiger partial charge in [-0.3, -0.25) is 4.90 Å². The molecule has 2 aliphatic rings. The van der Waals surface area contributed by atoms with E-state index >= 15 is 0 Å². The molecule has 1 aromatic carbocycles. The van der Waals surface area contributed by atoms with Crippen LogP contribution in [0.5, 0.6) is 0 Å². The predicted molar refractivity (Wildman–Crippen MR) is 71.2 cm³/mol. The summed E-state index contributed by atoms with van der Waals surface area (Å²) in [5.74, 6) is 0. The maximum atomic E-state index is 3.46. The summed E-state index contributed by atoms with van der Waals surface area (Å²) in [5, 5.41) is 3.46. The van der Waals surface area contributed by atoms with E-state index in [0.717, 1.165) is 13.1 Å². The Morgan fingerprint density at radius 1 is 1.06 bits per heavy atom. The highest BCUT2D eigenvalue weighted by Crippen LogP contribution is 2.40. The summed E-state index contributed by atoms with van der Waals surface area (Å²) in [6, 6.07) is 11.0. The van der Waals surface area contributed by atoms with Crippen molar-refractivity contribution in [2.24, 2.45) is 0 Å². The average Bonchev–Trinajstić information content (AvgIpc) is 2.36. The molecule has 17 heavy (non-hydrogen) atoms. The highest BCUT2D eigenvalue weighted by atomic mass is 15.2. The molecule has 2 fully saturated rings. The second-order valence-electron chi connectivity index (χ2n) is 5.48. The smallest absolute Gasteiger partial charge is 0.0251 e. The summed E-state index contributed by atoms with van der Waals surface area (Å²) in [5.41, 5.74) is 1.99. The third-order valence-corrected chi connectivity index (χ3v) is 4.45. The van der Waals surface area contributed by atoms with Crippen molar-refractivity contribution in [1.82, 2.24) is 10.2 Å². The Morgan fingerprint density at radius 3 is 2.35 bits per heavy atom. The van der Waals surface area contributed by atoms with E-state index in [2.05, 4.69) is 40.5 Å². The minimum Gasteiger partial charge on any atom is -0.314 e. The Balaban J connectivity index is 1.73. The van der Waals surface area contributed by atoms with Crippen LogP contribution in [-0.2, 0) is 6.42 Å². The highest BCUT2D eigenvalue weighted by molar-refractivity contribution is 5.19. The van der Waals surface area contributed by atoms with Crippen LogP contribution in [0.3, 0.4) is 0 Å². The van der Waals surface area contributed by atoms with E-state index in [9.17, 15) is 0 Å². The minimum atomic E-state index is 0.490. The zero-order valence-corrected chi connectivity index (χ0v) is 10.5. The molecule has 1 heterocycles. The lowest BCUT2D eigenvalue weighted by molar-refractivity contribution is 0.00725. The van der Waals surface area contributed by atoms with Gasteiger partial charge in [-0.1, -0.05) is 30.3 Å². The van der Waals surface area contributed by atoms with Crippen molar-refractivity contribution in [3.8, 4) is 0 Å². The van der Waals surface area contributed by atoms with Crippen LogP contribution < -0.4 is 5.32 Å². The van der Waals surface area contributed by atoms with Gasteiger partial charge < -0.3 is 5.32 Å². The Hall–Kier alpha value is -0.860. The molecule has 1 aliphatic carbocycles. The zero-order valence-electron chi connectivity index (χ0n) is 10.5. The summed E-state index contributed by atoms with van der Waals surface area (Å²) in [6.07, 6.45) is 5.44. The standard InChI is InChI=1S/C15H22N2/c1-2-5-14(6-3-1)13-15(7-4-8-15)17-11-9-16-10-12-17/h1-3,5-6,16H,4,7-13H2. The summed E-state index contributed by atoms with van der Waals surface area (Å²) in [7, 11) is 0. The van der Waals surface area contributed by atoms with E-state index in [1.807, 2.05) is 0 Å². The summed E-state index contributed by atoms with van der Waals surface area (Å²) in [6.45, 7) is 4.78. The summed E-state index contributed by atoms with van der Waals surface area (Å²) >= 11 is 0. The number of nitrogens with one attached hydrogen (secondary N) is 1. The molecule has 1 N–H and O–H groups in total. The van der Waals surface area contributed by atoms with E-state index in [-0.39, 0.29) is 0 Å². The molecule has 2 heteroatoms. The Morgan fingerprint density at radius 2 is 1.76 bits per heavy atom. The lowest BCUT2D eigenvalue weighted by Gasteiger charge is -2.52. The van der Waals surface area contributed by atoms with Crippen molar-refractivity contribution in [3.05, 3.63) is 35.9 Å². The lowest BCUT2D eigenvalue weighted by Crippen LogP contribution is -2.60. The van der Waals surface area contributed by atoms with Crippen molar-refractivity contribution in [2.75, 3.05) is 26.2 Å². The molecule has 0 unspecified atom stereocenters. The third-order valence-electron chi connectivity index (χ3n) is 4.45. The van der Waals surface area contributed by atoms with E-state index in [1.165, 1.54) is 44.3 Å². The van der Waals surface area contributed by atoms with Gasteiger partial charge in [-0.15, -0.1) is 0 Å². The van der Waals surface area contributed by atoms with Gasteiger partial charge >= 0.3 is 0 Å². The third kappa shape index (κ3) is 2.24. The molecule has 0 spiro atoms. The normalized spacial score (nSPS) is 24.2. The molecule has 2 nitrogen and oxygen atoms in total. The number of nitrogens with zero attached hydrogens (tertiary/aromatic N) is 1. The van der Waals surface area contributed by atoms with Gasteiger partial charge in [0, 0.05) is 31.7 Å². The molecule has 92 valence electrons. The van der Waals surface area contributed by atoms with Gasteiger partial charge in [0.15, 0.2) is 0 Å². The molecule has 0 amide bonds. The van der Waals surface area contributed by atoms with Crippen LogP contribution in [0, 0.1) is 0 Å². The monoisotopic (exact) mass is 230 g/mol. The van der Waals surface area contributed by atoms with Gasteiger partial charge in [-0.25, -0.2) is 0 Å². The van der Waals surface area contributed by atoms with Crippen LogP contribution in [-0.4, -0.2) is 36.6 Å². The fourth-order valence-electron chi connectivity index (χ4n) is 3.30. The number of hydrogen-bond acceptors (Lipinski definition) is 2. The first-order chi connectivity index (χ1) is 8.39. The topological polar surface area (TPSA) is 15.3 Å². The number of benzene rings is 1. The second kappa shape index (κ2) is 4.79. The quantitative estimate of drug-likeness (QED) is 0.855. The summed E-state index contributed by atoms with van der Waals surface area (Å²) < 4.78 is 0. The Labute approximate surface area is 104 Å². The van der Waals surface area contributed by atoms with Gasteiger partial charge in [0.25, 0.3) is 0 Å². The molecule has 3 rings (SSSR count). The fraction of sp³-hybridized carbons (Fsp3) is 0.600. The molecule has 1 saturated heterocycles. The first-order valence-corrected chi connectivity index (χ1v) is 6.89. The van der Waals surface area contributed by atoms with Gasteiger partial charge in [-0.05, 0) is 31.2 Å². The second-order valence-corrected chi connectivity index (χ2v) is 5.48. The van der Waals surface area contributed by atoms with Crippen molar-refractivity contribution in [3.63, 3.8) is 0 Å². The van der Waals surface area contributed by atoms with E-state index in [0.29, 0.717) is 5.54 Å². The van der Waals surface area contributed by atoms with Gasteiger partial charge in [0.1, 0.15) is 0 Å². The molecule has 0 aromatic heterocycles. The van der Waals surface area contributed by atoms with Crippen molar-refractivity contribution in [1.29, 1.82) is 0 Å². The molecular formula is C15H22N2. The van der Waals surface area contributed by atoms with Crippen LogP contribution >= 0.6 is 0 Å². The molecule has 1 saturated carbocycles. The van der Waals surface area contributed by atoms with Crippen LogP contribution in [0.4, 0.5) is 0 Å². The van der Waals surface area contributed by atoms with Crippen molar-refractivity contribution in [2.45, 2.75) is 31.2 Å². The maximum absolute atomic E-state index is 3.46. The van der Waals surface area contributed by atoms with E-state index < -0.39 is 0 Å². The summed E-state index contributed by atoms with van der Waals surface area (Å²) in [4.78, 5) is 2.74. The van der Waals surface area contributed by atoms with E-state index in [4.69, 9.17) is 0 Å². The number of piperazine rings is 1. The Bertz CT molecular complexity index is 350. The predicted octanol–water partition coefficient (Wildman–Crippen LogP) is 2.06. The SMILES string of the molecule is c1ccc(CC2(N3CCNCC3)CCC2)cc1. The molecule has 1 aromatic rings. The first-order valence-electron chi connectivity index (χ1n) is 6.89. The number of hydrogen-bond donors (Lipinski definition) is 1. The molecule has 0 radical (unpaired) electrons. The molecule has 0 atom stereocenters. The van der Waals surface area contributed by atoms with E-state index in [1.54, 1.807) is 0 Å². The highest BCUT2D eigenvalue weighted by Gasteiger charge is 2.42. The lowest BCUT2D eigenvalue weighted by atomic mass is 9.71. The number of rotatable bonds is 3. The van der Waals surface area contributed by atoms with Crippen molar-refractivity contribution < 1.29 is 0 Å². The van der Waals surface area contributed by atoms with Gasteiger partial charge in [-0.2, -0.15) is 0 Å². The minimum absolute atomic E-state index is 0.490. The maximum Gasteiger partial charge on any atom is 0.0251 e. The zero-order chi connectivity index (χ0) is 11.6. The fourth-order valence-corrected chi connectivity index (χ4v) is 3.30.